The van der Waals surface area contributed by atoms with E-state index in [1.165, 1.54) is 12.1 Å². The van der Waals surface area contributed by atoms with Crippen molar-refractivity contribution in [3.8, 4) is 0 Å². The van der Waals surface area contributed by atoms with Crippen LogP contribution in [-0.2, 0) is 0 Å². The van der Waals surface area contributed by atoms with Crippen LogP contribution in [0.15, 0.2) is 18.2 Å². The Morgan fingerprint density at radius 1 is 1.20 bits per heavy atom. The zero-order chi connectivity index (χ0) is 14.5. The topological polar surface area (TPSA) is 110 Å². The van der Waals surface area contributed by atoms with Gasteiger partial charge in [-0.15, -0.1) is 0 Å². The van der Waals surface area contributed by atoms with Gasteiger partial charge in [0.2, 0.25) is 0 Å². The molecule has 0 atom stereocenters. The van der Waals surface area contributed by atoms with Crippen molar-refractivity contribution in [2.45, 2.75) is 18.4 Å². The lowest BCUT2D eigenvalue weighted by Gasteiger charge is -2.48. The molecule has 0 amide bonds. The maximum Gasteiger partial charge on any atom is 0.299 e. The molecule has 1 aromatic carbocycles. The molecule has 2 aliphatic rings. The lowest BCUT2D eigenvalue weighted by molar-refractivity contribution is -0.393. The average molecular weight is 279 g/mol. The Morgan fingerprint density at radius 3 is 2.35 bits per heavy atom. The van der Waals surface area contributed by atoms with Gasteiger partial charge in [0, 0.05) is 19.2 Å². The van der Waals surface area contributed by atoms with Gasteiger partial charge in [-0.3, -0.25) is 20.2 Å². The summed E-state index contributed by atoms with van der Waals surface area (Å²) in [5.74, 6) is 0.288. The second kappa shape index (κ2) is 4.14. The number of anilines is 1. The minimum Gasteiger partial charge on any atom is -0.386 e. The minimum atomic E-state index is -0.754. The van der Waals surface area contributed by atoms with Crippen molar-refractivity contribution in [1.82, 2.24) is 0 Å². The number of nitro groups is 2. The highest BCUT2D eigenvalue weighted by Crippen LogP contribution is 2.47. The van der Waals surface area contributed by atoms with Gasteiger partial charge >= 0.3 is 0 Å². The third kappa shape index (κ3) is 1.97. The van der Waals surface area contributed by atoms with E-state index in [1.807, 2.05) is 0 Å². The van der Waals surface area contributed by atoms with E-state index >= 15 is 0 Å². The molecule has 1 N–H and O–H groups in total. The monoisotopic (exact) mass is 279 g/mol. The third-order valence-corrected chi connectivity index (χ3v) is 3.97. The van der Waals surface area contributed by atoms with E-state index in [2.05, 4.69) is 0 Å². The number of nitro benzene ring substituents is 2. The Morgan fingerprint density at radius 2 is 1.85 bits per heavy atom. The van der Waals surface area contributed by atoms with Crippen molar-refractivity contribution in [1.29, 1.82) is 0 Å². The van der Waals surface area contributed by atoms with Crippen LogP contribution in [0.4, 0.5) is 17.1 Å². The fourth-order valence-electron chi connectivity index (χ4n) is 2.70. The molecule has 1 saturated heterocycles. The highest BCUT2D eigenvalue weighted by Gasteiger charge is 2.52. The second-order valence-corrected chi connectivity index (χ2v) is 5.42. The Kier molecular flexibility index (Phi) is 2.65. The summed E-state index contributed by atoms with van der Waals surface area (Å²) in [5.41, 5.74) is -1.03. The van der Waals surface area contributed by atoms with Crippen molar-refractivity contribution < 1.29 is 15.0 Å². The number of β-amino-alcohol motifs (C(OH)–C–C–N with tert-alkyl or cyclic N) is 1. The number of non-ortho nitro benzene ring substituents is 1. The fourth-order valence-corrected chi connectivity index (χ4v) is 2.70. The summed E-state index contributed by atoms with van der Waals surface area (Å²) in [7, 11) is 0. The van der Waals surface area contributed by atoms with Crippen LogP contribution in [0.5, 0.6) is 0 Å². The molecule has 0 aromatic heterocycles. The molecule has 1 aliphatic heterocycles. The van der Waals surface area contributed by atoms with E-state index in [1.54, 1.807) is 4.90 Å². The van der Waals surface area contributed by atoms with Gasteiger partial charge in [0.25, 0.3) is 11.4 Å². The van der Waals surface area contributed by atoms with Crippen molar-refractivity contribution >= 4 is 17.1 Å². The second-order valence-electron chi connectivity index (χ2n) is 5.42. The molecular weight excluding hydrogens is 266 g/mol. The minimum absolute atomic E-state index is 0.288. The van der Waals surface area contributed by atoms with E-state index in [4.69, 9.17) is 0 Å². The van der Waals surface area contributed by atoms with Gasteiger partial charge in [0.15, 0.2) is 0 Å². The molecule has 1 heterocycles. The van der Waals surface area contributed by atoms with E-state index in [-0.39, 0.29) is 17.3 Å². The molecule has 0 bridgehead atoms. The Balaban J connectivity index is 1.86. The van der Waals surface area contributed by atoms with Crippen LogP contribution in [0.1, 0.15) is 12.8 Å². The number of nitrogens with zero attached hydrogens (tertiary/aromatic N) is 3. The molecule has 8 nitrogen and oxygen atoms in total. The summed E-state index contributed by atoms with van der Waals surface area (Å²) in [6.07, 6.45) is 1.99. The first kappa shape index (κ1) is 12.8. The van der Waals surface area contributed by atoms with Crippen molar-refractivity contribution in [3.05, 3.63) is 38.4 Å². The average Bonchev–Trinajstić information content (AvgIpc) is 3.18. The van der Waals surface area contributed by atoms with Gasteiger partial charge < -0.3 is 10.0 Å². The Bertz CT molecular complexity index is 593. The molecule has 0 unspecified atom stereocenters. The smallest absolute Gasteiger partial charge is 0.299 e. The van der Waals surface area contributed by atoms with Gasteiger partial charge in [-0.05, 0) is 24.8 Å². The maximum absolute atomic E-state index is 11.0. The molecule has 0 radical (unpaired) electrons. The van der Waals surface area contributed by atoms with E-state index in [0.717, 1.165) is 18.9 Å². The van der Waals surface area contributed by atoms with Crippen LogP contribution < -0.4 is 4.90 Å². The summed E-state index contributed by atoms with van der Waals surface area (Å²) in [5, 5.41) is 31.9. The lowest BCUT2D eigenvalue weighted by atomic mass is 9.88. The quantitative estimate of drug-likeness (QED) is 0.660. The van der Waals surface area contributed by atoms with Gasteiger partial charge in [-0.25, -0.2) is 0 Å². The Labute approximate surface area is 113 Å². The normalized spacial score (nSPS) is 20.4. The van der Waals surface area contributed by atoms with Crippen LogP contribution in [0.3, 0.4) is 0 Å². The SMILES string of the molecule is O=[N+]([O-])c1ccc(N2CC(O)(C3CC3)C2)c([N+](=O)[O-])c1. The molecule has 20 heavy (non-hydrogen) atoms. The summed E-state index contributed by atoms with van der Waals surface area (Å²) >= 11 is 0. The van der Waals surface area contributed by atoms with E-state index in [9.17, 15) is 25.3 Å². The molecule has 0 spiro atoms. The predicted octanol–water partition coefficient (Wildman–Crippen LogP) is 1.46. The molecule has 1 aliphatic carbocycles. The summed E-state index contributed by atoms with van der Waals surface area (Å²) in [6, 6.07) is 3.59. The first-order chi connectivity index (χ1) is 9.40. The highest BCUT2D eigenvalue weighted by atomic mass is 16.6. The van der Waals surface area contributed by atoms with Gasteiger partial charge in [0.05, 0.1) is 15.9 Å². The van der Waals surface area contributed by atoms with E-state index in [0.29, 0.717) is 18.8 Å². The fraction of sp³-hybridized carbons (Fsp3) is 0.500. The van der Waals surface area contributed by atoms with Crippen LogP contribution in [0.2, 0.25) is 0 Å². The van der Waals surface area contributed by atoms with Gasteiger partial charge in [-0.1, -0.05) is 0 Å². The van der Waals surface area contributed by atoms with Gasteiger partial charge in [0.1, 0.15) is 11.3 Å². The largest absolute Gasteiger partial charge is 0.386 e. The number of hydrogen-bond acceptors (Lipinski definition) is 6. The molecule has 3 rings (SSSR count). The maximum atomic E-state index is 11.0. The first-order valence-corrected chi connectivity index (χ1v) is 6.31. The molecular formula is C12H13N3O5. The van der Waals surface area contributed by atoms with Crippen LogP contribution in [0, 0.1) is 26.1 Å². The number of rotatable bonds is 4. The van der Waals surface area contributed by atoms with Crippen LogP contribution in [0.25, 0.3) is 0 Å². The molecule has 1 aromatic rings. The highest BCUT2D eigenvalue weighted by molar-refractivity contribution is 5.68. The van der Waals surface area contributed by atoms with Crippen molar-refractivity contribution in [2.24, 2.45) is 5.92 Å². The number of aliphatic hydroxyl groups is 1. The zero-order valence-electron chi connectivity index (χ0n) is 10.6. The third-order valence-electron chi connectivity index (χ3n) is 3.97. The van der Waals surface area contributed by atoms with E-state index < -0.39 is 15.4 Å². The first-order valence-electron chi connectivity index (χ1n) is 6.31. The van der Waals surface area contributed by atoms with Crippen LogP contribution in [-0.4, -0.2) is 33.6 Å². The number of benzene rings is 1. The summed E-state index contributed by atoms with van der Waals surface area (Å²) in [6.45, 7) is 0.687. The molecule has 2 fully saturated rings. The predicted molar refractivity (Wildman–Crippen MR) is 69.6 cm³/mol. The Hall–Kier alpha value is -2.22. The standard InChI is InChI=1S/C12H13N3O5/c16-12(8-1-2-8)6-13(7-12)10-4-3-9(14(17)18)5-11(10)15(19)20/h3-5,8,16H,1-2,6-7H2. The van der Waals surface area contributed by atoms with Crippen molar-refractivity contribution in [2.75, 3.05) is 18.0 Å². The van der Waals surface area contributed by atoms with Gasteiger partial charge in [-0.2, -0.15) is 0 Å². The molecule has 106 valence electrons. The molecule has 1 saturated carbocycles. The van der Waals surface area contributed by atoms with Crippen LogP contribution >= 0.6 is 0 Å². The zero-order valence-corrected chi connectivity index (χ0v) is 10.6. The summed E-state index contributed by atoms with van der Waals surface area (Å²) in [4.78, 5) is 22.1. The van der Waals surface area contributed by atoms with Crippen molar-refractivity contribution in [3.63, 3.8) is 0 Å². The number of hydrogen-bond donors (Lipinski definition) is 1. The molecule has 8 heteroatoms. The lowest BCUT2D eigenvalue weighted by Crippen LogP contribution is -2.63. The summed E-state index contributed by atoms with van der Waals surface area (Å²) < 4.78 is 0.